The largest absolute Gasteiger partial charge is 0.462 e. The number of carbonyl (C=O) groups is 1. The molecule has 0 aliphatic rings. The van der Waals surface area contributed by atoms with Gasteiger partial charge < -0.3 is 10.5 Å². The fraction of sp³-hybridized carbons (Fsp3) is 0.455. The van der Waals surface area contributed by atoms with Gasteiger partial charge in [0.05, 0.1) is 12.3 Å². The number of aromatic nitrogens is 1. The Hall–Kier alpha value is -1.20. The zero-order valence-corrected chi connectivity index (χ0v) is 10.3. The van der Waals surface area contributed by atoms with Gasteiger partial charge in [0.1, 0.15) is 9.88 Å². The van der Waals surface area contributed by atoms with Gasteiger partial charge in [0.2, 0.25) is 0 Å². The van der Waals surface area contributed by atoms with E-state index in [0.717, 1.165) is 17.1 Å². The van der Waals surface area contributed by atoms with Crippen molar-refractivity contribution in [3.63, 3.8) is 0 Å². The zero-order valence-electron chi connectivity index (χ0n) is 9.53. The second-order valence-corrected chi connectivity index (χ2v) is 4.20. The van der Waals surface area contributed by atoms with Crippen LogP contribution in [0.2, 0.25) is 0 Å². The third kappa shape index (κ3) is 3.43. The minimum atomic E-state index is -0.295. The molecule has 4 nitrogen and oxygen atoms in total. The van der Waals surface area contributed by atoms with E-state index in [1.165, 1.54) is 11.3 Å². The number of esters is 1. The highest BCUT2D eigenvalue weighted by atomic mass is 32.1. The first-order valence-electron chi connectivity index (χ1n) is 5.20. The quantitative estimate of drug-likeness (QED) is 0.799. The predicted molar refractivity (Wildman–Crippen MR) is 65.5 cm³/mol. The molecule has 0 unspecified atom stereocenters. The number of rotatable bonds is 5. The van der Waals surface area contributed by atoms with Crippen LogP contribution < -0.4 is 5.73 Å². The maximum absolute atomic E-state index is 11.5. The van der Waals surface area contributed by atoms with E-state index in [0.29, 0.717) is 18.0 Å². The summed E-state index contributed by atoms with van der Waals surface area (Å²) in [7, 11) is 0. The van der Waals surface area contributed by atoms with Crippen LogP contribution in [0.15, 0.2) is 6.08 Å². The number of nitrogens with two attached hydrogens (primary N) is 1. The summed E-state index contributed by atoms with van der Waals surface area (Å²) >= 11 is 1.34. The van der Waals surface area contributed by atoms with Crippen molar-refractivity contribution in [2.45, 2.75) is 20.3 Å². The van der Waals surface area contributed by atoms with E-state index in [4.69, 9.17) is 10.5 Å². The van der Waals surface area contributed by atoms with Crippen molar-refractivity contribution in [3.8, 4) is 0 Å². The molecule has 0 bridgehead atoms. The number of hydrogen-bond acceptors (Lipinski definition) is 5. The van der Waals surface area contributed by atoms with Crippen molar-refractivity contribution in [3.05, 3.63) is 21.7 Å². The van der Waals surface area contributed by atoms with Crippen molar-refractivity contribution in [1.29, 1.82) is 0 Å². The van der Waals surface area contributed by atoms with Crippen LogP contribution in [-0.2, 0) is 4.74 Å². The Balaban J connectivity index is 2.77. The first kappa shape index (κ1) is 12.9. The van der Waals surface area contributed by atoms with Crippen LogP contribution in [0.1, 0.15) is 33.7 Å². The molecule has 0 aliphatic heterocycles. The summed E-state index contributed by atoms with van der Waals surface area (Å²) < 4.78 is 4.94. The summed E-state index contributed by atoms with van der Waals surface area (Å²) in [6.07, 6.45) is 4.65. The van der Waals surface area contributed by atoms with Crippen LogP contribution in [0.25, 0.3) is 6.08 Å². The lowest BCUT2D eigenvalue weighted by molar-refractivity contribution is 0.0531. The number of aryl methyl sites for hydroxylation is 1. The van der Waals surface area contributed by atoms with Crippen LogP contribution in [0.4, 0.5) is 0 Å². The summed E-state index contributed by atoms with van der Waals surface area (Å²) in [6.45, 7) is 4.60. The molecular formula is C11H16N2O2S. The van der Waals surface area contributed by atoms with Crippen molar-refractivity contribution in [2.24, 2.45) is 5.73 Å². The standard InChI is InChI=1S/C11H16N2O2S/c1-3-15-11(14)10-8(2)13-9(16-10)6-4-5-7-12/h4,6H,3,5,7,12H2,1-2H3. The highest BCUT2D eigenvalue weighted by Crippen LogP contribution is 2.20. The third-order valence-electron chi connectivity index (χ3n) is 1.87. The summed E-state index contributed by atoms with van der Waals surface area (Å²) in [4.78, 5) is 16.4. The monoisotopic (exact) mass is 240 g/mol. The Kier molecular flexibility index (Phi) is 5.14. The molecule has 2 N–H and O–H groups in total. The van der Waals surface area contributed by atoms with Gasteiger partial charge in [0, 0.05) is 0 Å². The average Bonchev–Trinajstić information content (AvgIpc) is 2.61. The molecular weight excluding hydrogens is 224 g/mol. The van der Waals surface area contributed by atoms with Crippen LogP contribution in [0.5, 0.6) is 0 Å². The fourth-order valence-corrected chi connectivity index (χ4v) is 2.05. The molecule has 0 atom stereocenters. The van der Waals surface area contributed by atoms with Crippen LogP contribution in [0, 0.1) is 6.92 Å². The van der Waals surface area contributed by atoms with Gasteiger partial charge in [-0.05, 0) is 32.9 Å². The highest BCUT2D eigenvalue weighted by Gasteiger charge is 2.14. The third-order valence-corrected chi connectivity index (χ3v) is 2.97. The lowest BCUT2D eigenvalue weighted by atomic mass is 10.4. The van der Waals surface area contributed by atoms with Gasteiger partial charge >= 0.3 is 5.97 Å². The van der Waals surface area contributed by atoms with E-state index >= 15 is 0 Å². The molecule has 0 saturated heterocycles. The Morgan fingerprint density at radius 2 is 2.38 bits per heavy atom. The van der Waals surface area contributed by atoms with Gasteiger partial charge in [-0.15, -0.1) is 11.3 Å². The zero-order chi connectivity index (χ0) is 12.0. The van der Waals surface area contributed by atoms with Crippen molar-refractivity contribution in [2.75, 3.05) is 13.2 Å². The molecule has 1 heterocycles. The molecule has 1 aromatic rings. The minimum Gasteiger partial charge on any atom is -0.462 e. The van der Waals surface area contributed by atoms with Gasteiger partial charge in [-0.3, -0.25) is 0 Å². The highest BCUT2D eigenvalue weighted by molar-refractivity contribution is 7.14. The maximum atomic E-state index is 11.5. The Morgan fingerprint density at radius 3 is 3.00 bits per heavy atom. The van der Waals surface area contributed by atoms with Gasteiger partial charge in [-0.25, -0.2) is 9.78 Å². The molecule has 1 rings (SSSR count). The molecule has 0 aromatic carbocycles. The average molecular weight is 240 g/mol. The summed E-state index contributed by atoms with van der Waals surface area (Å²) in [5.74, 6) is -0.295. The molecule has 88 valence electrons. The summed E-state index contributed by atoms with van der Waals surface area (Å²) in [5.41, 5.74) is 6.09. The molecule has 0 radical (unpaired) electrons. The Labute approximate surface area is 99.1 Å². The molecule has 1 aromatic heterocycles. The molecule has 0 aliphatic carbocycles. The first-order valence-corrected chi connectivity index (χ1v) is 6.01. The second kappa shape index (κ2) is 6.40. The second-order valence-electron chi connectivity index (χ2n) is 3.17. The normalized spacial score (nSPS) is 10.9. The number of thiazole rings is 1. The molecule has 0 spiro atoms. The fourth-order valence-electron chi connectivity index (χ4n) is 1.15. The maximum Gasteiger partial charge on any atom is 0.350 e. The van der Waals surface area contributed by atoms with E-state index in [1.807, 2.05) is 19.1 Å². The molecule has 5 heteroatoms. The van der Waals surface area contributed by atoms with Crippen LogP contribution in [0.3, 0.4) is 0 Å². The van der Waals surface area contributed by atoms with Crippen molar-refractivity contribution >= 4 is 23.4 Å². The van der Waals surface area contributed by atoms with E-state index in [-0.39, 0.29) is 5.97 Å². The minimum absolute atomic E-state index is 0.295. The number of ether oxygens (including phenoxy) is 1. The summed E-state index contributed by atoms with van der Waals surface area (Å²) in [6, 6.07) is 0. The van der Waals surface area contributed by atoms with Crippen LogP contribution >= 0.6 is 11.3 Å². The first-order chi connectivity index (χ1) is 7.69. The van der Waals surface area contributed by atoms with E-state index < -0.39 is 0 Å². The number of hydrogen-bond donors (Lipinski definition) is 1. The molecule has 16 heavy (non-hydrogen) atoms. The summed E-state index contributed by atoms with van der Waals surface area (Å²) in [5, 5.41) is 0.814. The van der Waals surface area contributed by atoms with E-state index in [2.05, 4.69) is 4.98 Å². The molecule has 0 fully saturated rings. The molecule has 0 saturated carbocycles. The topological polar surface area (TPSA) is 65.2 Å². The van der Waals surface area contributed by atoms with Gasteiger partial charge in [0.25, 0.3) is 0 Å². The van der Waals surface area contributed by atoms with E-state index in [1.54, 1.807) is 6.92 Å². The predicted octanol–water partition coefficient (Wildman–Crippen LogP) is 1.99. The SMILES string of the molecule is CCOC(=O)c1sc(C=CCCN)nc1C. The smallest absolute Gasteiger partial charge is 0.350 e. The van der Waals surface area contributed by atoms with Crippen molar-refractivity contribution < 1.29 is 9.53 Å². The molecule has 0 amide bonds. The lowest BCUT2D eigenvalue weighted by Crippen LogP contribution is -2.03. The van der Waals surface area contributed by atoms with Gasteiger partial charge in [0.15, 0.2) is 0 Å². The Bertz CT molecular complexity index is 385. The van der Waals surface area contributed by atoms with Crippen molar-refractivity contribution in [1.82, 2.24) is 4.98 Å². The van der Waals surface area contributed by atoms with Gasteiger partial charge in [-0.2, -0.15) is 0 Å². The lowest BCUT2D eigenvalue weighted by Gasteiger charge is -1.97. The Morgan fingerprint density at radius 1 is 1.62 bits per heavy atom. The van der Waals surface area contributed by atoms with Gasteiger partial charge in [-0.1, -0.05) is 6.08 Å². The van der Waals surface area contributed by atoms with E-state index in [9.17, 15) is 4.79 Å². The number of carbonyl (C=O) groups excluding carboxylic acids is 1. The number of nitrogens with zero attached hydrogens (tertiary/aromatic N) is 1. The van der Waals surface area contributed by atoms with Crippen LogP contribution in [-0.4, -0.2) is 24.1 Å².